The summed E-state index contributed by atoms with van der Waals surface area (Å²) in [6, 6.07) is 5.27. The maximum Gasteiger partial charge on any atom is 0.348 e. The number of fused-ring (bicyclic) bond motifs is 2. The monoisotopic (exact) mass is 459 g/mol. The van der Waals surface area contributed by atoms with Crippen LogP contribution in [-0.2, 0) is 9.53 Å². The van der Waals surface area contributed by atoms with Crippen molar-refractivity contribution in [3.05, 3.63) is 34.5 Å². The zero-order valence-electron chi connectivity index (χ0n) is 17.5. The van der Waals surface area contributed by atoms with E-state index >= 15 is 0 Å². The number of aryl methyl sites for hydroxylation is 2. The molecule has 8 nitrogen and oxygen atoms in total. The molecule has 1 aliphatic heterocycles. The quantitative estimate of drug-likeness (QED) is 0.330. The molecule has 0 saturated carbocycles. The maximum absolute atomic E-state index is 12.8. The van der Waals surface area contributed by atoms with Gasteiger partial charge in [-0.1, -0.05) is 11.8 Å². The van der Waals surface area contributed by atoms with E-state index in [1.165, 1.54) is 23.1 Å². The van der Waals surface area contributed by atoms with E-state index in [1.54, 1.807) is 32.0 Å². The molecule has 3 aromatic rings. The number of esters is 1. The zero-order valence-corrected chi connectivity index (χ0v) is 19.1. The number of nitrogens with one attached hydrogen (secondary N) is 1. The van der Waals surface area contributed by atoms with E-state index in [0.29, 0.717) is 44.4 Å². The molecule has 1 aliphatic rings. The molecule has 0 spiro atoms. The highest BCUT2D eigenvalue weighted by molar-refractivity contribution is 8.00. The second-order valence-corrected chi connectivity index (χ2v) is 9.18. The number of thioether (sulfide) groups is 1. The van der Waals surface area contributed by atoms with Crippen molar-refractivity contribution in [3.63, 3.8) is 0 Å². The van der Waals surface area contributed by atoms with E-state index in [1.807, 2.05) is 13.8 Å². The van der Waals surface area contributed by atoms with Crippen molar-refractivity contribution in [3.8, 4) is 11.5 Å². The predicted octanol–water partition coefficient (Wildman–Crippen LogP) is 4.33. The summed E-state index contributed by atoms with van der Waals surface area (Å²) in [5.74, 6) is 1.29. The zero-order chi connectivity index (χ0) is 22.1. The molecule has 0 saturated heterocycles. The van der Waals surface area contributed by atoms with Gasteiger partial charge in [-0.05, 0) is 45.4 Å². The number of nitrogens with zero attached hydrogens (tertiary/aromatic N) is 2. The van der Waals surface area contributed by atoms with Gasteiger partial charge in [0.15, 0.2) is 11.5 Å². The molecule has 1 N–H and O–H groups in total. The first-order valence-electron chi connectivity index (χ1n) is 9.69. The number of aromatic nitrogens is 2. The number of rotatable bonds is 6. The van der Waals surface area contributed by atoms with Crippen molar-refractivity contribution in [2.75, 3.05) is 18.7 Å². The molecule has 10 heteroatoms. The van der Waals surface area contributed by atoms with Gasteiger partial charge in [0.05, 0.1) is 11.9 Å². The Labute approximate surface area is 187 Å². The number of carbonyl (C=O) groups excluding carboxylic acids is 2. The molecule has 3 heterocycles. The number of ether oxygens (including phenoxy) is 3. The third-order valence-corrected chi connectivity index (χ3v) is 6.88. The van der Waals surface area contributed by atoms with E-state index in [-0.39, 0.29) is 18.7 Å². The number of benzene rings is 1. The summed E-state index contributed by atoms with van der Waals surface area (Å²) >= 11 is 2.61. The summed E-state index contributed by atoms with van der Waals surface area (Å²) in [4.78, 5) is 35.3. The lowest BCUT2D eigenvalue weighted by Crippen LogP contribution is -2.22. The van der Waals surface area contributed by atoms with Crippen LogP contribution in [0.4, 0.5) is 5.69 Å². The lowest BCUT2D eigenvalue weighted by molar-refractivity contribution is -0.115. The van der Waals surface area contributed by atoms with Crippen LogP contribution in [0.5, 0.6) is 11.5 Å². The summed E-state index contributed by atoms with van der Waals surface area (Å²) in [7, 11) is 0. The van der Waals surface area contributed by atoms with E-state index in [0.717, 1.165) is 10.9 Å². The molecule has 4 rings (SSSR count). The molecule has 31 heavy (non-hydrogen) atoms. The van der Waals surface area contributed by atoms with Crippen molar-refractivity contribution in [2.24, 2.45) is 0 Å². The van der Waals surface area contributed by atoms with E-state index in [2.05, 4.69) is 15.3 Å². The van der Waals surface area contributed by atoms with E-state index in [4.69, 9.17) is 14.2 Å². The fraction of sp³-hybridized carbons (Fsp3) is 0.333. The molecule has 1 aromatic carbocycles. The predicted molar refractivity (Wildman–Crippen MR) is 119 cm³/mol. The highest BCUT2D eigenvalue weighted by Crippen LogP contribution is 2.38. The van der Waals surface area contributed by atoms with Crippen LogP contribution in [0.3, 0.4) is 0 Å². The minimum atomic E-state index is -0.437. The molecule has 1 amide bonds. The van der Waals surface area contributed by atoms with Gasteiger partial charge in [0.2, 0.25) is 12.7 Å². The first-order valence-corrected chi connectivity index (χ1v) is 11.4. The molecule has 1 atom stereocenters. The highest BCUT2D eigenvalue weighted by atomic mass is 32.2. The Kier molecular flexibility index (Phi) is 6.01. The van der Waals surface area contributed by atoms with Crippen molar-refractivity contribution in [1.82, 2.24) is 9.97 Å². The van der Waals surface area contributed by atoms with Crippen molar-refractivity contribution >= 4 is 50.9 Å². The SMILES string of the molecule is CCOC(=O)c1sc2nc(C)nc(S[C@@H](C)C(=O)Nc3ccc4c(c3)OCO4)c2c1C. The number of anilines is 1. The normalized spacial score (nSPS) is 13.3. The molecule has 0 bridgehead atoms. The Morgan fingerprint density at radius 3 is 2.81 bits per heavy atom. The third kappa shape index (κ3) is 4.31. The van der Waals surface area contributed by atoms with Crippen LogP contribution in [0, 0.1) is 13.8 Å². The second-order valence-electron chi connectivity index (χ2n) is 6.85. The minimum Gasteiger partial charge on any atom is -0.462 e. The average molecular weight is 460 g/mol. The van der Waals surface area contributed by atoms with Gasteiger partial charge in [0.25, 0.3) is 0 Å². The number of hydrogen-bond acceptors (Lipinski definition) is 9. The molecular formula is C21H21N3O5S2. The summed E-state index contributed by atoms with van der Waals surface area (Å²) < 4.78 is 15.8. The van der Waals surface area contributed by atoms with Crippen molar-refractivity contribution < 1.29 is 23.8 Å². The van der Waals surface area contributed by atoms with Gasteiger partial charge in [-0.3, -0.25) is 4.79 Å². The van der Waals surface area contributed by atoms with Gasteiger partial charge in [-0.25, -0.2) is 14.8 Å². The van der Waals surface area contributed by atoms with Crippen molar-refractivity contribution in [2.45, 2.75) is 38.0 Å². The van der Waals surface area contributed by atoms with Crippen LogP contribution in [0.2, 0.25) is 0 Å². The first kappa shape index (κ1) is 21.4. The molecule has 0 radical (unpaired) electrons. The fourth-order valence-corrected chi connectivity index (χ4v) is 5.36. The van der Waals surface area contributed by atoms with Crippen LogP contribution in [0.1, 0.15) is 34.9 Å². The standard InChI is InChI=1S/C21H21N3O5S2/c1-5-27-21(26)17-10(2)16-19(22-12(4)23-20(16)31-17)30-11(3)18(25)24-13-6-7-14-15(8-13)29-9-28-14/h6-8,11H,5,9H2,1-4H3,(H,24,25)/t11-/m0/s1. The van der Waals surface area contributed by atoms with Crippen LogP contribution in [0.15, 0.2) is 23.2 Å². The fourth-order valence-electron chi connectivity index (χ4n) is 3.12. The first-order chi connectivity index (χ1) is 14.9. The molecule has 0 aliphatic carbocycles. The van der Waals surface area contributed by atoms with Gasteiger partial charge < -0.3 is 19.5 Å². The van der Waals surface area contributed by atoms with Crippen LogP contribution in [0.25, 0.3) is 10.2 Å². The third-order valence-electron chi connectivity index (χ3n) is 4.63. The van der Waals surface area contributed by atoms with Gasteiger partial charge in [-0.15, -0.1) is 11.3 Å². The van der Waals surface area contributed by atoms with Gasteiger partial charge >= 0.3 is 5.97 Å². The number of thiophene rings is 1. The summed E-state index contributed by atoms with van der Waals surface area (Å²) in [5, 5.41) is 3.91. The molecule has 2 aromatic heterocycles. The van der Waals surface area contributed by atoms with Crippen molar-refractivity contribution in [1.29, 1.82) is 0 Å². The second kappa shape index (κ2) is 8.72. The van der Waals surface area contributed by atoms with Gasteiger partial charge in [-0.2, -0.15) is 0 Å². The van der Waals surface area contributed by atoms with Gasteiger partial charge in [0.1, 0.15) is 20.6 Å². The Morgan fingerprint density at radius 1 is 1.26 bits per heavy atom. The Hall–Kier alpha value is -2.85. The Balaban J connectivity index is 1.57. The van der Waals surface area contributed by atoms with Crippen LogP contribution >= 0.6 is 23.1 Å². The molecule has 162 valence electrons. The lowest BCUT2D eigenvalue weighted by Gasteiger charge is -2.13. The van der Waals surface area contributed by atoms with Gasteiger partial charge in [0, 0.05) is 17.1 Å². The topological polar surface area (TPSA) is 99.6 Å². The number of amides is 1. The molecule has 0 unspecified atom stereocenters. The number of hydrogen-bond donors (Lipinski definition) is 1. The summed E-state index contributed by atoms with van der Waals surface area (Å²) in [6.45, 7) is 7.70. The average Bonchev–Trinajstić information content (AvgIpc) is 3.32. The van der Waals surface area contributed by atoms with E-state index < -0.39 is 5.25 Å². The minimum absolute atomic E-state index is 0.174. The van der Waals surface area contributed by atoms with Crippen LogP contribution < -0.4 is 14.8 Å². The molecular weight excluding hydrogens is 438 g/mol. The smallest absolute Gasteiger partial charge is 0.348 e. The molecule has 0 fully saturated rings. The van der Waals surface area contributed by atoms with Crippen LogP contribution in [-0.4, -0.2) is 40.5 Å². The lowest BCUT2D eigenvalue weighted by atomic mass is 10.2. The Bertz CT molecular complexity index is 1180. The van der Waals surface area contributed by atoms with E-state index in [9.17, 15) is 9.59 Å². The summed E-state index contributed by atoms with van der Waals surface area (Å²) in [6.07, 6.45) is 0. The maximum atomic E-state index is 12.8. The Morgan fingerprint density at radius 2 is 2.03 bits per heavy atom. The highest BCUT2D eigenvalue weighted by Gasteiger charge is 2.24. The summed E-state index contributed by atoms with van der Waals surface area (Å²) in [5.41, 5.74) is 1.39. The largest absolute Gasteiger partial charge is 0.462 e. The number of carbonyl (C=O) groups is 2.